The standard InChI is InChI=1S/C24H39N7O/c1-5-19(3)28-24(25-13-16-31-18-27-29-23(31)6-2)26-17-22(30-14-7-8-15-30)20-9-11-21(32-4)12-10-20/h9-12,18-19,22H,5-8,13-17H2,1-4H3,(H2,25,26,28). The fourth-order valence-corrected chi connectivity index (χ4v) is 4.01. The third-order valence-electron chi connectivity index (χ3n) is 6.16. The molecule has 0 amide bonds. The van der Waals surface area contributed by atoms with Gasteiger partial charge in [-0.25, -0.2) is 0 Å². The first kappa shape index (κ1) is 24.0. The van der Waals surface area contributed by atoms with E-state index < -0.39 is 0 Å². The Labute approximate surface area is 192 Å². The minimum atomic E-state index is 0.267. The zero-order chi connectivity index (χ0) is 22.8. The molecule has 0 spiro atoms. The lowest BCUT2D eigenvalue weighted by molar-refractivity contribution is 0.251. The number of aliphatic imine (C=N–C) groups is 1. The Hall–Kier alpha value is -2.61. The van der Waals surface area contributed by atoms with Crippen molar-refractivity contribution in [3.8, 4) is 5.75 Å². The molecule has 0 radical (unpaired) electrons. The van der Waals surface area contributed by atoms with Gasteiger partial charge < -0.3 is 19.9 Å². The molecule has 32 heavy (non-hydrogen) atoms. The van der Waals surface area contributed by atoms with E-state index >= 15 is 0 Å². The first-order valence-corrected chi connectivity index (χ1v) is 11.9. The minimum absolute atomic E-state index is 0.267. The normalized spacial score (nSPS) is 16.7. The molecule has 0 aliphatic carbocycles. The fraction of sp³-hybridized carbons (Fsp3) is 0.625. The quantitative estimate of drug-likeness (QED) is 0.412. The highest BCUT2D eigenvalue weighted by Crippen LogP contribution is 2.27. The Morgan fingerprint density at radius 3 is 2.59 bits per heavy atom. The van der Waals surface area contributed by atoms with E-state index in [4.69, 9.17) is 9.73 Å². The van der Waals surface area contributed by atoms with Gasteiger partial charge in [0, 0.05) is 25.6 Å². The van der Waals surface area contributed by atoms with Crippen LogP contribution in [0.15, 0.2) is 35.6 Å². The molecule has 0 bridgehead atoms. The average Bonchev–Trinajstić information content (AvgIpc) is 3.51. The molecule has 2 unspecified atom stereocenters. The maximum atomic E-state index is 5.35. The van der Waals surface area contributed by atoms with Crippen molar-refractivity contribution in [3.05, 3.63) is 42.0 Å². The van der Waals surface area contributed by atoms with Gasteiger partial charge in [0.1, 0.15) is 17.9 Å². The summed E-state index contributed by atoms with van der Waals surface area (Å²) in [6.45, 7) is 11.0. The Balaban J connectivity index is 1.70. The van der Waals surface area contributed by atoms with Gasteiger partial charge in [0.15, 0.2) is 5.96 Å². The first-order chi connectivity index (χ1) is 15.6. The van der Waals surface area contributed by atoms with Crippen LogP contribution in [0.3, 0.4) is 0 Å². The molecule has 3 rings (SSSR count). The van der Waals surface area contributed by atoms with Crippen LogP contribution in [0.2, 0.25) is 0 Å². The van der Waals surface area contributed by atoms with Crippen molar-refractivity contribution in [3.63, 3.8) is 0 Å². The molecule has 2 N–H and O–H groups in total. The maximum absolute atomic E-state index is 5.35. The molecular weight excluding hydrogens is 402 g/mol. The van der Waals surface area contributed by atoms with Gasteiger partial charge >= 0.3 is 0 Å². The molecule has 8 nitrogen and oxygen atoms in total. The van der Waals surface area contributed by atoms with E-state index in [9.17, 15) is 0 Å². The van der Waals surface area contributed by atoms with Crippen molar-refractivity contribution in [1.29, 1.82) is 0 Å². The summed E-state index contributed by atoms with van der Waals surface area (Å²) in [7, 11) is 1.71. The van der Waals surface area contributed by atoms with Crippen LogP contribution in [-0.4, -0.2) is 65.0 Å². The maximum Gasteiger partial charge on any atom is 0.191 e. The number of aromatic nitrogens is 3. The number of hydrogen-bond donors (Lipinski definition) is 2. The molecule has 2 aromatic rings. The van der Waals surface area contributed by atoms with Gasteiger partial charge in [0.25, 0.3) is 0 Å². The van der Waals surface area contributed by atoms with E-state index in [0.29, 0.717) is 12.6 Å². The van der Waals surface area contributed by atoms with Crippen LogP contribution in [-0.2, 0) is 13.0 Å². The van der Waals surface area contributed by atoms with E-state index in [1.54, 1.807) is 13.4 Å². The summed E-state index contributed by atoms with van der Waals surface area (Å²) >= 11 is 0. The number of rotatable bonds is 11. The number of ether oxygens (including phenoxy) is 1. The van der Waals surface area contributed by atoms with E-state index in [2.05, 4.69) is 63.2 Å². The number of aryl methyl sites for hydroxylation is 1. The van der Waals surface area contributed by atoms with Crippen molar-refractivity contribution in [2.24, 2.45) is 4.99 Å². The van der Waals surface area contributed by atoms with Crippen LogP contribution >= 0.6 is 0 Å². The smallest absolute Gasteiger partial charge is 0.191 e. The highest BCUT2D eigenvalue weighted by Gasteiger charge is 2.23. The van der Waals surface area contributed by atoms with Gasteiger partial charge in [-0.2, -0.15) is 0 Å². The van der Waals surface area contributed by atoms with Crippen molar-refractivity contribution in [1.82, 2.24) is 30.3 Å². The highest BCUT2D eigenvalue weighted by molar-refractivity contribution is 5.80. The monoisotopic (exact) mass is 441 g/mol. The second-order valence-corrected chi connectivity index (χ2v) is 8.40. The van der Waals surface area contributed by atoms with Gasteiger partial charge in [-0.05, 0) is 57.0 Å². The SMILES string of the molecule is CCc1nncn1CCNC(=NCC(c1ccc(OC)cc1)N1CCCC1)NC(C)CC. The second kappa shape index (κ2) is 12.4. The summed E-state index contributed by atoms with van der Waals surface area (Å²) in [6, 6.07) is 9.05. The Morgan fingerprint density at radius 1 is 1.19 bits per heavy atom. The molecule has 2 heterocycles. The van der Waals surface area contributed by atoms with E-state index in [-0.39, 0.29) is 6.04 Å². The summed E-state index contributed by atoms with van der Waals surface area (Å²) in [5, 5.41) is 15.3. The van der Waals surface area contributed by atoms with Crippen LogP contribution in [0.4, 0.5) is 0 Å². The van der Waals surface area contributed by atoms with Gasteiger partial charge in [-0.1, -0.05) is 26.0 Å². The Morgan fingerprint density at radius 2 is 1.94 bits per heavy atom. The third-order valence-corrected chi connectivity index (χ3v) is 6.16. The fourth-order valence-electron chi connectivity index (χ4n) is 4.01. The molecule has 1 saturated heterocycles. The number of guanidine groups is 1. The van der Waals surface area contributed by atoms with Crippen LogP contribution in [0.1, 0.15) is 57.5 Å². The zero-order valence-electron chi connectivity index (χ0n) is 20.0. The average molecular weight is 442 g/mol. The predicted octanol–water partition coefficient (Wildman–Crippen LogP) is 3.02. The first-order valence-electron chi connectivity index (χ1n) is 11.9. The second-order valence-electron chi connectivity index (χ2n) is 8.40. The lowest BCUT2D eigenvalue weighted by Crippen LogP contribution is -2.43. The van der Waals surface area contributed by atoms with Gasteiger partial charge in [0.05, 0.1) is 19.7 Å². The summed E-state index contributed by atoms with van der Waals surface area (Å²) < 4.78 is 7.44. The topological polar surface area (TPSA) is 79.6 Å². The Bertz CT molecular complexity index is 827. The zero-order valence-corrected chi connectivity index (χ0v) is 20.0. The molecule has 1 fully saturated rings. The number of likely N-dealkylation sites (tertiary alicyclic amines) is 1. The molecular formula is C24H39N7O. The predicted molar refractivity (Wildman–Crippen MR) is 129 cm³/mol. The summed E-state index contributed by atoms with van der Waals surface area (Å²) in [5.74, 6) is 2.76. The van der Waals surface area contributed by atoms with Crippen LogP contribution in [0.5, 0.6) is 5.75 Å². The lowest BCUT2D eigenvalue weighted by atomic mass is 10.1. The summed E-state index contributed by atoms with van der Waals surface area (Å²) in [4.78, 5) is 7.57. The van der Waals surface area contributed by atoms with E-state index in [1.807, 2.05) is 12.1 Å². The molecule has 1 aliphatic rings. The summed E-state index contributed by atoms with van der Waals surface area (Å²) in [5.41, 5.74) is 1.29. The van der Waals surface area contributed by atoms with Gasteiger partial charge in [0.2, 0.25) is 0 Å². The molecule has 8 heteroatoms. The number of nitrogens with zero attached hydrogens (tertiary/aromatic N) is 5. The number of benzene rings is 1. The largest absolute Gasteiger partial charge is 0.497 e. The molecule has 176 valence electrons. The van der Waals surface area contributed by atoms with Crippen LogP contribution < -0.4 is 15.4 Å². The highest BCUT2D eigenvalue weighted by atomic mass is 16.5. The molecule has 1 aliphatic heterocycles. The molecule has 2 atom stereocenters. The minimum Gasteiger partial charge on any atom is -0.497 e. The molecule has 0 saturated carbocycles. The Kier molecular flexibility index (Phi) is 9.34. The van der Waals surface area contributed by atoms with Crippen molar-refractivity contribution in [2.75, 3.05) is 33.3 Å². The van der Waals surface area contributed by atoms with Gasteiger partial charge in [-0.3, -0.25) is 9.89 Å². The van der Waals surface area contributed by atoms with Crippen molar-refractivity contribution < 1.29 is 4.74 Å². The van der Waals surface area contributed by atoms with Gasteiger partial charge in [-0.15, -0.1) is 10.2 Å². The number of methoxy groups -OCH3 is 1. The third kappa shape index (κ3) is 6.69. The van der Waals surface area contributed by atoms with E-state index in [1.165, 1.54) is 18.4 Å². The van der Waals surface area contributed by atoms with Crippen molar-refractivity contribution >= 4 is 5.96 Å². The van der Waals surface area contributed by atoms with Crippen LogP contribution in [0, 0.1) is 0 Å². The van der Waals surface area contributed by atoms with E-state index in [0.717, 1.165) is 56.6 Å². The molecule has 1 aromatic heterocycles. The van der Waals surface area contributed by atoms with Crippen molar-refractivity contribution in [2.45, 2.75) is 65.1 Å². The number of hydrogen-bond acceptors (Lipinski definition) is 5. The molecule has 1 aromatic carbocycles. The number of nitrogens with one attached hydrogen (secondary N) is 2. The lowest BCUT2D eigenvalue weighted by Gasteiger charge is -2.27. The summed E-state index contributed by atoms with van der Waals surface area (Å²) in [6.07, 6.45) is 6.23. The van der Waals surface area contributed by atoms with Crippen LogP contribution in [0.25, 0.3) is 0 Å².